The van der Waals surface area contributed by atoms with Gasteiger partial charge in [0, 0.05) is 31.1 Å². The highest BCUT2D eigenvalue weighted by molar-refractivity contribution is 7.89. The van der Waals surface area contributed by atoms with Crippen molar-refractivity contribution in [3.05, 3.63) is 34.4 Å². The third kappa shape index (κ3) is 6.00. The van der Waals surface area contributed by atoms with E-state index in [1.54, 1.807) is 0 Å². The second-order valence-corrected chi connectivity index (χ2v) is 10.6. The molecule has 0 aromatic heterocycles. The fourth-order valence-corrected chi connectivity index (χ4v) is 5.70. The van der Waals surface area contributed by atoms with E-state index in [9.17, 15) is 27.3 Å². The lowest BCUT2D eigenvalue weighted by Gasteiger charge is -2.39. The van der Waals surface area contributed by atoms with E-state index in [1.807, 2.05) is 0 Å². The normalized spacial score (nSPS) is 27.2. The number of likely N-dealkylation sites (tertiary alicyclic amines) is 1. The zero-order valence-corrected chi connectivity index (χ0v) is 19.2. The van der Waals surface area contributed by atoms with Crippen LogP contribution < -0.4 is 4.72 Å². The van der Waals surface area contributed by atoms with Crippen molar-refractivity contribution >= 4 is 15.7 Å². The number of non-ortho nitro benzene ring substituents is 1. The van der Waals surface area contributed by atoms with E-state index < -0.39 is 39.4 Å². The Balaban J connectivity index is 1.75. The topological polar surface area (TPSA) is 102 Å². The summed E-state index contributed by atoms with van der Waals surface area (Å²) in [6.07, 6.45) is 1.37. The molecule has 1 aliphatic carbocycles. The van der Waals surface area contributed by atoms with E-state index in [1.165, 1.54) is 0 Å². The van der Waals surface area contributed by atoms with Crippen molar-refractivity contribution in [2.45, 2.75) is 87.5 Å². The Hall–Kier alpha value is -1.69. The third-order valence-electron chi connectivity index (χ3n) is 6.27. The van der Waals surface area contributed by atoms with Gasteiger partial charge in [-0.05, 0) is 64.6 Å². The van der Waals surface area contributed by atoms with Crippen molar-refractivity contribution in [2.24, 2.45) is 0 Å². The van der Waals surface area contributed by atoms with Crippen LogP contribution in [-0.2, 0) is 14.8 Å². The highest BCUT2D eigenvalue weighted by atomic mass is 32.2. The minimum Gasteiger partial charge on any atom is -0.373 e. The molecule has 3 rings (SSSR count). The van der Waals surface area contributed by atoms with Crippen LogP contribution in [-0.4, -0.2) is 61.5 Å². The smallest absolute Gasteiger partial charge is 0.269 e. The molecule has 2 aliphatic rings. The van der Waals surface area contributed by atoms with Crippen LogP contribution in [0.25, 0.3) is 0 Å². The molecule has 1 aromatic rings. The van der Waals surface area contributed by atoms with Crippen LogP contribution in [0, 0.1) is 10.1 Å². The quantitative estimate of drug-likeness (QED) is 0.477. The van der Waals surface area contributed by atoms with Gasteiger partial charge in [0.25, 0.3) is 11.6 Å². The maximum absolute atomic E-state index is 14.8. The standard InChI is InChI=1S/C21H31F2N3O5S/c1-15(2)25-13-4-5-17(11-14-25)31-19-6-3-12-21(22,23)20(19)24-32(29,30)18-9-7-16(8-10-18)26(27)28/h7-10,15,17,19-20,24H,3-6,11-14H2,1-2H3/t17-,19-,20+/m0/s1. The Morgan fingerprint density at radius 3 is 2.47 bits per heavy atom. The van der Waals surface area contributed by atoms with Gasteiger partial charge in [-0.1, -0.05) is 0 Å². The SMILES string of the molecule is CC(C)N1CCC[C@H](O[C@H]2CCCC(F)(F)[C@@H]2NS(=O)(=O)c2ccc([N+](=O)[O-])cc2)CC1. The van der Waals surface area contributed by atoms with Crippen LogP contribution in [0.2, 0.25) is 0 Å². The van der Waals surface area contributed by atoms with Crippen LogP contribution in [0.1, 0.15) is 52.4 Å². The van der Waals surface area contributed by atoms with E-state index in [-0.39, 0.29) is 23.1 Å². The Bertz CT molecular complexity index is 895. The number of sulfonamides is 1. The monoisotopic (exact) mass is 475 g/mol. The van der Waals surface area contributed by atoms with Gasteiger partial charge < -0.3 is 9.64 Å². The first-order chi connectivity index (χ1) is 15.0. The average Bonchev–Trinajstić information content (AvgIpc) is 2.96. The fraction of sp³-hybridized carbons (Fsp3) is 0.714. The first kappa shape index (κ1) is 24.9. The van der Waals surface area contributed by atoms with Crippen LogP contribution >= 0.6 is 0 Å². The van der Waals surface area contributed by atoms with E-state index in [0.717, 1.165) is 50.2 Å². The molecule has 1 aromatic carbocycles. The van der Waals surface area contributed by atoms with Crippen LogP contribution in [0.4, 0.5) is 14.5 Å². The molecule has 1 heterocycles. The molecule has 1 N–H and O–H groups in total. The van der Waals surface area contributed by atoms with Crippen molar-refractivity contribution in [1.82, 2.24) is 9.62 Å². The van der Waals surface area contributed by atoms with Gasteiger partial charge in [0.15, 0.2) is 0 Å². The number of ether oxygens (including phenoxy) is 1. The van der Waals surface area contributed by atoms with Gasteiger partial charge in [-0.25, -0.2) is 17.2 Å². The molecule has 1 saturated heterocycles. The number of benzene rings is 1. The molecule has 32 heavy (non-hydrogen) atoms. The van der Waals surface area contributed by atoms with Gasteiger partial charge in [-0.3, -0.25) is 10.1 Å². The lowest BCUT2D eigenvalue weighted by Crippen LogP contribution is -2.58. The molecule has 1 aliphatic heterocycles. The third-order valence-corrected chi connectivity index (χ3v) is 7.73. The number of nitro groups is 1. The zero-order valence-electron chi connectivity index (χ0n) is 18.4. The van der Waals surface area contributed by atoms with E-state index >= 15 is 0 Å². The maximum Gasteiger partial charge on any atom is 0.269 e. The Morgan fingerprint density at radius 1 is 1.16 bits per heavy atom. The molecule has 8 nitrogen and oxygen atoms in total. The first-order valence-electron chi connectivity index (χ1n) is 11.0. The summed E-state index contributed by atoms with van der Waals surface area (Å²) in [5, 5.41) is 10.8. The summed E-state index contributed by atoms with van der Waals surface area (Å²) in [7, 11) is -4.32. The van der Waals surface area contributed by atoms with Crippen LogP contribution in [0.15, 0.2) is 29.2 Å². The molecule has 0 bridgehead atoms. The number of alkyl halides is 2. The molecular formula is C21H31F2N3O5S. The number of halogens is 2. The molecule has 3 atom stereocenters. The number of nitrogens with one attached hydrogen (secondary N) is 1. The minimum atomic E-state index is -4.32. The minimum absolute atomic E-state index is 0.205. The molecule has 0 spiro atoms. The van der Waals surface area contributed by atoms with Crippen molar-refractivity contribution in [2.75, 3.05) is 13.1 Å². The number of nitrogens with zero attached hydrogens (tertiary/aromatic N) is 2. The molecule has 1 saturated carbocycles. The summed E-state index contributed by atoms with van der Waals surface area (Å²) >= 11 is 0. The van der Waals surface area contributed by atoms with Gasteiger partial charge in [0.1, 0.15) is 6.04 Å². The van der Waals surface area contributed by atoms with Gasteiger partial charge >= 0.3 is 0 Å². The number of rotatable bonds is 7. The van der Waals surface area contributed by atoms with Crippen molar-refractivity contribution in [1.29, 1.82) is 0 Å². The number of hydrogen-bond donors (Lipinski definition) is 1. The highest BCUT2D eigenvalue weighted by Crippen LogP contribution is 2.37. The Labute approximate surface area is 187 Å². The predicted octanol–water partition coefficient (Wildman–Crippen LogP) is 3.71. The summed E-state index contributed by atoms with van der Waals surface area (Å²) in [5.74, 6) is -3.26. The molecule has 180 valence electrons. The van der Waals surface area contributed by atoms with Crippen LogP contribution in [0.5, 0.6) is 0 Å². The molecule has 0 unspecified atom stereocenters. The van der Waals surface area contributed by atoms with Gasteiger partial charge in [-0.2, -0.15) is 4.72 Å². The fourth-order valence-electron chi connectivity index (χ4n) is 4.41. The van der Waals surface area contributed by atoms with Crippen molar-refractivity contribution in [3.8, 4) is 0 Å². The molecule has 11 heteroatoms. The number of hydrogen-bond acceptors (Lipinski definition) is 6. The lowest BCUT2D eigenvalue weighted by molar-refractivity contribution is -0.384. The van der Waals surface area contributed by atoms with Gasteiger partial charge in [0.05, 0.1) is 22.0 Å². The zero-order chi connectivity index (χ0) is 23.5. The average molecular weight is 476 g/mol. The second-order valence-electron chi connectivity index (χ2n) is 8.86. The summed E-state index contributed by atoms with van der Waals surface area (Å²) in [6, 6.07) is 2.86. The summed E-state index contributed by atoms with van der Waals surface area (Å²) < 4.78 is 63.5. The molecule has 2 fully saturated rings. The molecular weight excluding hydrogens is 444 g/mol. The highest BCUT2D eigenvalue weighted by Gasteiger charge is 2.50. The number of nitro benzene ring substituents is 1. The maximum atomic E-state index is 14.8. The molecule has 0 radical (unpaired) electrons. The summed E-state index contributed by atoms with van der Waals surface area (Å²) in [5.41, 5.74) is -0.281. The Kier molecular flexibility index (Phi) is 7.85. The van der Waals surface area contributed by atoms with Crippen LogP contribution in [0.3, 0.4) is 0 Å². The predicted molar refractivity (Wildman–Crippen MR) is 115 cm³/mol. The summed E-state index contributed by atoms with van der Waals surface area (Å²) in [4.78, 5) is 12.2. The van der Waals surface area contributed by atoms with E-state index in [2.05, 4.69) is 23.5 Å². The van der Waals surface area contributed by atoms with Gasteiger partial charge in [0.2, 0.25) is 10.0 Å². The molecule has 0 amide bonds. The van der Waals surface area contributed by atoms with E-state index in [0.29, 0.717) is 18.9 Å². The first-order valence-corrected chi connectivity index (χ1v) is 12.5. The second kappa shape index (κ2) is 10.1. The van der Waals surface area contributed by atoms with E-state index in [4.69, 9.17) is 4.74 Å². The van der Waals surface area contributed by atoms with Crippen molar-refractivity contribution < 1.29 is 26.9 Å². The summed E-state index contributed by atoms with van der Waals surface area (Å²) in [6.45, 7) is 5.97. The Morgan fingerprint density at radius 2 is 1.84 bits per heavy atom. The van der Waals surface area contributed by atoms with Crippen molar-refractivity contribution in [3.63, 3.8) is 0 Å². The lowest BCUT2D eigenvalue weighted by atomic mass is 9.89. The largest absolute Gasteiger partial charge is 0.373 e. The van der Waals surface area contributed by atoms with Gasteiger partial charge in [-0.15, -0.1) is 0 Å².